The summed E-state index contributed by atoms with van der Waals surface area (Å²) in [6.45, 7) is 2.81. The SMILES string of the molecule is CCCCCCCCOc1cc(Cl)cc(O)c1Cl. The minimum absolute atomic E-state index is 0.0397. The highest BCUT2D eigenvalue weighted by molar-refractivity contribution is 6.35. The molecule has 0 atom stereocenters. The van der Waals surface area contributed by atoms with Crippen LogP contribution in [0, 0.1) is 0 Å². The number of halogens is 2. The van der Waals surface area contributed by atoms with E-state index < -0.39 is 0 Å². The number of aromatic hydroxyl groups is 1. The molecule has 0 aliphatic rings. The van der Waals surface area contributed by atoms with E-state index in [9.17, 15) is 5.11 Å². The Morgan fingerprint density at radius 1 is 1.06 bits per heavy atom. The van der Waals surface area contributed by atoms with Crippen molar-refractivity contribution in [3.05, 3.63) is 22.2 Å². The van der Waals surface area contributed by atoms with E-state index >= 15 is 0 Å². The van der Waals surface area contributed by atoms with Gasteiger partial charge in [-0.2, -0.15) is 0 Å². The molecule has 0 amide bonds. The molecule has 0 aromatic heterocycles. The Hall–Kier alpha value is -0.600. The Morgan fingerprint density at radius 2 is 1.72 bits per heavy atom. The quantitative estimate of drug-likeness (QED) is 0.646. The summed E-state index contributed by atoms with van der Waals surface area (Å²) in [6, 6.07) is 3.03. The lowest BCUT2D eigenvalue weighted by Crippen LogP contribution is -1.98. The topological polar surface area (TPSA) is 29.5 Å². The maximum absolute atomic E-state index is 9.48. The number of ether oxygens (including phenoxy) is 1. The molecule has 1 rings (SSSR count). The van der Waals surface area contributed by atoms with Crippen LogP contribution in [0.25, 0.3) is 0 Å². The molecule has 1 N–H and O–H groups in total. The molecule has 0 heterocycles. The molecule has 1 aromatic rings. The lowest BCUT2D eigenvalue weighted by Gasteiger charge is -2.09. The second-order valence-corrected chi connectivity index (χ2v) is 5.17. The van der Waals surface area contributed by atoms with Crippen molar-refractivity contribution in [1.82, 2.24) is 0 Å². The molecular formula is C14H20Cl2O2. The highest BCUT2D eigenvalue weighted by Crippen LogP contribution is 2.36. The molecule has 0 aliphatic carbocycles. The van der Waals surface area contributed by atoms with Crippen LogP contribution >= 0.6 is 23.2 Å². The Balaban J connectivity index is 2.27. The smallest absolute Gasteiger partial charge is 0.143 e. The zero-order valence-corrected chi connectivity index (χ0v) is 12.2. The third kappa shape index (κ3) is 5.36. The molecule has 0 saturated carbocycles. The Bertz CT molecular complexity index is 367. The summed E-state index contributed by atoms with van der Waals surface area (Å²) in [7, 11) is 0. The van der Waals surface area contributed by atoms with Crippen LogP contribution < -0.4 is 4.74 Å². The summed E-state index contributed by atoms with van der Waals surface area (Å²) in [5.74, 6) is 0.414. The fraction of sp³-hybridized carbons (Fsp3) is 0.571. The summed E-state index contributed by atoms with van der Waals surface area (Å²) in [5.41, 5.74) is 0. The van der Waals surface area contributed by atoms with Gasteiger partial charge >= 0.3 is 0 Å². The minimum atomic E-state index is -0.0397. The van der Waals surface area contributed by atoms with Gasteiger partial charge in [0.2, 0.25) is 0 Å². The lowest BCUT2D eigenvalue weighted by atomic mass is 10.1. The van der Waals surface area contributed by atoms with Gasteiger partial charge in [0, 0.05) is 17.2 Å². The Labute approximate surface area is 119 Å². The molecule has 0 bridgehead atoms. The molecule has 0 aliphatic heterocycles. The minimum Gasteiger partial charge on any atom is -0.506 e. The van der Waals surface area contributed by atoms with Gasteiger partial charge in [-0.15, -0.1) is 0 Å². The zero-order valence-electron chi connectivity index (χ0n) is 10.7. The zero-order chi connectivity index (χ0) is 13.4. The summed E-state index contributed by atoms with van der Waals surface area (Å²) in [4.78, 5) is 0. The highest BCUT2D eigenvalue weighted by Gasteiger charge is 2.08. The first kappa shape index (κ1) is 15.5. The van der Waals surface area contributed by atoms with Crippen LogP contribution in [-0.4, -0.2) is 11.7 Å². The molecule has 0 spiro atoms. The van der Waals surface area contributed by atoms with E-state index in [1.54, 1.807) is 6.07 Å². The van der Waals surface area contributed by atoms with Gasteiger partial charge < -0.3 is 9.84 Å². The van der Waals surface area contributed by atoms with E-state index in [-0.39, 0.29) is 10.8 Å². The third-order valence-corrected chi connectivity index (χ3v) is 3.34. The highest BCUT2D eigenvalue weighted by atomic mass is 35.5. The molecule has 0 radical (unpaired) electrons. The number of phenolic OH excluding ortho intramolecular Hbond substituents is 1. The molecule has 0 saturated heterocycles. The van der Waals surface area contributed by atoms with E-state index in [2.05, 4.69) is 6.92 Å². The van der Waals surface area contributed by atoms with Gasteiger partial charge in [0.1, 0.15) is 16.5 Å². The second kappa shape index (κ2) is 8.49. The first-order valence-electron chi connectivity index (χ1n) is 6.46. The van der Waals surface area contributed by atoms with Crippen LogP contribution in [0.15, 0.2) is 12.1 Å². The molecule has 0 fully saturated rings. The molecule has 1 aromatic carbocycles. The Morgan fingerprint density at radius 3 is 2.44 bits per heavy atom. The van der Waals surface area contributed by atoms with Crippen LogP contribution in [0.2, 0.25) is 10.0 Å². The van der Waals surface area contributed by atoms with E-state index in [0.29, 0.717) is 17.4 Å². The van der Waals surface area contributed by atoms with Crippen molar-refractivity contribution < 1.29 is 9.84 Å². The number of phenols is 1. The van der Waals surface area contributed by atoms with Crippen molar-refractivity contribution in [3.8, 4) is 11.5 Å². The number of rotatable bonds is 8. The number of hydrogen-bond donors (Lipinski definition) is 1. The van der Waals surface area contributed by atoms with E-state index in [4.69, 9.17) is 27.9 Å². The van der Waals surface area contributed by atoms with Gasteiger partial charge in [-0.05, 0) is 6.42 Å². The second-order valence-electron chi connectivity index (χ2n) is 4.35. The predicted molar refractivity (Wildman–Crippen MR) is 77.0 cm³/mol. The van der Waals surface area contributed by atoms with Crippen LogP contribution in [0.1, 0.15) is 45.4 Å². The molecule has 2 nitrogen and oxygen atoms in total. The average molecular weight is 291 g/mol. The summed E-state index contributed by atoms with van der Waals surface area (Å²) in [5, 5.41) is 10.1. The van der Waals surface area contributed by atoms with Gasteiger partial charge in [0.05, 0.1) is 6.61 Å². The van der Waals surface area contributed by atoms with Crippen molar-refractivity contribution in [3.63, 3.8) is 0 Å². The van der Waals surface area contributed by atoms with Crippen LogP contribution in [0.4, 0.5) is 0 Å². The lowest BCUT2D eigenvalue weighted by molar-refractivity contribution is 0.303. The van der Waals surface area contributed by atoms with Gasteiger partial charge in [-0.3, -0.25) is 0 Å². The van der Waals surface area contributed by atoms with Crippen molar-refractivity contribution >= 4 is 23.2 Å². The predicted octanol–water partition coefficient (Wildman–Crippen LogP) is 5.44. The average Bonchev–Trinajstić information content (AvgIpc) is 2.33. The first-order chi connectivity index (χ1) is 8.65. The fourth-order valence-corrected chi connectivity index (χ4v) is 2.09. The normalized spacial score (nSPS) is 10.6. The van der Waals surface area contributed by atoms with Crippen molar-refractivity contribution in [2.75, 3.05) is 6.61 Å². The monoisotopic (exact) mass is 290 g/mol. The van der Waals surface area contributed by atoms with Gasteiger partial charge in [-0.1, -0.05) is 62.2 Å². The molecule has 102 valence electrons. The number of hydrogen-bond acceptors (Lipinski definition) is 2. The summed E-state index contributed by atoms with van der Waals surface area (Å²) in [6.07, 6.45) is 7.24. The van der Waals surface area contributed by atoms with Crippen molar-refractivity contribution in [1.29, 1.82) is 0 Å². The maximum atomic E-state index is 9.48. The molecule has 18 heavy (non-hydrogen) atoms. The maximum Gasteiger partial charge on any atom is 0.143 e. The van der Waals surface area contributed by atoms with Crippen molar-refractivity contribution in [2.24, 2.45) is 0 Å². The number of unbranched alkanes of at least 4 members (excludes halogenated alkanes) is 5. The van der Waals surface area contributed by atoms with Crippen LogP contribution in [0.5, 0.6) is 11.5 Å². The van der Waals surface area contributed by atoms with Crippen molar-refractivity contribution in [2.45, 2.75) is 45.4 Å². The summed E-state index contributed by atoms with van der Waals surface area (Å²) >= 11 is 11.7. The number of benzene rings is 1. The fourth-order valence-electron chi connectivity index (χ4n) is 1.72. The van der Waals surface area contributed by atoms with Gasteiger partial charge in [-0.25, -0.2) is 0 Å². The van der Waals surface area contributed by atoms with Crippen LogP contribution in [-0.2, 0) is 0 Å². The third-order valence-electron chi connectivity index (χ3n) is 2.74. The van der Waals surface area contributed by atoms with E-state index in [0.717, 1.165) is 12.8 Å². The van der Waals surface area contributed by atoms with E-state index in [1.807, 2.05) is 0 Å². The molecule has 0 unspecified atom stereocenters. The first-order valence-corrected chi connectivity index (χ1v) is 7.21. The van der Waals surface area contributed by atoms with E-state index in [1.165, 1.54) is 31.7 Å². The largest absolute Gasteiger partial charge is 0.506 e. The van der Waals surface area contributed by atoms with Crippen LogP contribution in [0.3, 0.4) is 0 Å². The van der Waals surface area contributed by atoms with Gasteiger partial charge in [0.15, 0.2) is 0 Å². The molecular weight excluding hydrogens is 271 g/mol. The standard InChI is InChI=1S/C14H20Cl2O2/c1-2-3-4-5-6-7-8-18-13-10-11(15)9-12(17)14(13)16/h9-10,17H,2-8H2,1H3. The summed E-state index contributed by atoms with van der Waals surface area (Å²) < 4.78 is 5.53. The molecule has 4 heteroatoms. The Kier molecular flexibility index (Phi) is 7.29. The van der Waals surface area contributed by atoms with Gasteiger partial charge in [0.25, 0.3) is 0 Å².